The molecule has 0 bridgehead atoms. The number of benzene rings is 2. The number of nitrogens with zero attached hydrogens (tertiary/aromatic N) is 7. The first kappa shape index (κ1) is 29.2. The number of nitro benzene ring substituents is 1. The molecule has 1 fully saturated rings. The third-order valence-electron chi connectivity index (χ3n) is 7.42. The average molecular weight is 595 g/mol. The highest BCUT2D eigenvalue weighted by Crippen LogP contribution is 2.39. The molecule has 0 unspecified atom stereocenters. The van der Waals surface area contributed by atoms with E-state index in [9.17, 15) is 18.5 Å². The van der Waals surface area contributed by atoms with Gasteiger partial charge in [0.2, 0.25) is 5.95 Å². The molecule has 14 heteroatoms. The minimum absolute atomic E-state index is 0.0738. The van der Waals surface area contributed by atoms with Crippen molar-refractivity contribution in [3.05, 3.63) is 65.0 Å². The second-order valence-corrected chi connectivity index (χ2v) is 12.3. The first-order valence-corrected chi connectivity index (χ1v) is 14.9. The van der Waals surface area contributed by atoms with Gasteiger partial charge in [0.1, 0.15) is 11.4 Å². The van der Waals surface area contributed by atoms with Crippen LogP contribution in [-0.4, -0.2) is 90.9 Å². The number of methoxy groups -OCH3 is 1. The Morgan fingerprint density at radius 1 is 1.12 bits per heavy atom. The highest BCUT2D eigenvalue weighted by atomic mass is 32.2. The molecule has 0 atom stereocenters. The topological polar surface area (TPSA) is 139 Å². The number of hydrogen-bond acceptors (Lipinski definition) is 10. The van der Waals surface area contributed by atoms with E-state index >= 15 is 0 Å². The monoisotopic (exact) mass is 594 g/mol. The molecule has 222 valence electrons. The first-order chi connectivity index (χ1) is 20.1. The zero-order chi connectivity index (χ0) is 30.0. The van der Waals surface area contributed by atoms with Crippen molar-refractivity contribution in [3.8, 4) is 17.0 Å². The minimum atomic E-state index is -3.79. The van der Waals surface area contributed by atoms with Crippen molar-refractivity contribution in [2.75, 3.05) is 64.6 Å². The lowest BCUT2D eigenvalue weighted by Gasteiger charge is -2.24. The average Bonchev–Trinajstić information content (AvgIpc) is 3.64. The summed E-state index contributed by atoms with van der Waals surface area (Å²) in [5.41, 5.74) is 2.28. The SMILES string of the molecule is COc1cc(N(C)CCN2CCCC2)c([N+](=O)[O-])cc1Nc1nccc(-c2cn(S(=O)(=O)N(C)C)c3ccccc23)n1. The van der Waals surface area contributed by atoms with E-state index in [1.54, 1.807) is 30.5 Å². The second kappa shape index (κ2) is 11.9. The molecule has 13 nitrogen and oxygen atoms in total. The number of hydrogen-bond donors (Lipinski definition) is 1. The van der Waals surface area contributed by atoms with Crippen LogP contribution in [0.15, 0.2) is 54.9 Å². The first-order valence-electron chi connectivity index (χ1n) is 13.5. The number of likely N-dealkylation sites (N-methyl/N-ethyl adjacent to an activating group) is 1. The number of anilines is 3. The molecular weight excluding hydrogens is 560 g/mol. The number of ether oxygens (including phenoxy) is 1. The smallest absolute Gasteiger partial charge is 0.307 e. The van der Waals surface area contributed by atoms with Crippen LogP contribution in [0.25, 0.3) is 22.2 Å². The summed E-state index contributed by atoms with van der Waals surface area (Å²) in [7, 11) is 2.49. The molecule has 2 aromatic heterocycles. The normalized spacial score (nSPS) is 14.0. The molecular formula is C28H34N8O5S. The lowest BCUT2D eigenvalue weighted by Crippen LogP contribution is -2.31. The summed E-state index contributed by atoms with van der Waals surface area (Å²) < 4.78 is 34.0. The van der Waals surface area contributed by atoms with Crippen LogP contribution >= 0.6 is 0 Å². The Bertz CT molecular complexity index is 1720. The number of aromatic nitrogens is 3. The van der Waals surface area contributed by atoms with Crippen molar-refractivity contribution in [3.63, 3.8) is 0 Å². The van der Waals surface area contributed by atoms with Crippen molar-refractivity contribution < 1.29 is 18.1 Å². The van der Waals surface area contributed by atoms with Gasteiger partial charge >= 0.3 is 10.2 Å². The van der Waals surface area contributed by atoms with Gasteiger partial charge < -0.3 is 19.9 Å². The lowest BCUT2D eigenvalue weighted by molar-refractivity contribution is -0.384. The molecule has 0 spiro atoms. The second-order valence-electron chi connectivity index (χ2n) is 10.3. The number of nitro groups is 1. The molecule has 3 heterocycles. The van der Waals surface area contributed by atoms with Crippen LogP contribution < -0.4 is 15.0 Å². The highest BCUT2D eigenvalue weighted by molar-refractivity contribution is 7.87. The summed E-state index contributed by atoms with van der Waals surface area (Å²) in [4.78, 5) is 24.8. The van der Waals surface area contributed by atoms with Gasteiger partial charge in [-0.1, -0.05) is 18.2 Å². The van der Waals surface area contributed by atoms with E-state index in [4.69, 9.17) is 4.74 Å². The molecule has 0 aliphatic carbocycles. The van der Waals surface area contributed by atoms with E-state index in [1.807, 2.05) is 24.1 Å². The number of rotatable bonds is 11. The van der Waals surface area contributed by atoms with Crippen LogP contribution in [0, 0.1) is 10.1 Å². The van der Waals surface area contributed by atoms with Crippen molar-refractivity contribution in [2.24, 2.45) is 0 Å². The van der Waals surface area contributed by atoms with Gasteiger partial charge in [-0.3, -0.25) is 10.1 Å². The van der Waals surface area contributed by atoms with Crippen molar-refractivity contribution in [1.29, 1.82) is 0 Å². The summed E-state index contributed by atoms with van der Waals surface area (Å²) in [6.45, 7) is 3.56. The molecule has 0 radical (unpaired) electrons. The quantitative estimate of drug-likeness (QED) is 0.201. The molecule has 1 N–H and O–H groups in total. The summed E-state index contributed by atoms with van der Waals surface area (Å²) >= 11 is 0. The van der Waals surface area contributed by atoms with Crippen molar-refractivity contribution in [1.82, 2.24) is 23.1 Å². The molecule has 2 aromatic carbocycles. The fourth-order valence-electron chi connectivity index (χ4n) is 5.10. The van der Waals surface area contributed by atoms with Crippen LogP contribution in [0.5, 0.6) is 5.75 Å². The molecule has 0 saturated carbocycles. The molecule has 0 amide bonds. The van der Waals surface area contributed by atoms with Crippen LogP contribution in [0.1, 0.15) is 12.8 Å². The minimum Gasteiger partial charge on any atom is -0.494 e. The molecule has 5 rings (SSSR count). The van der Waals surface area contributed by atoms with E-state index in [1.165, 1.54) is 50.3 Å². The summed E-state index contributed by atoms with van der Waals surface area (Å²) in [5.74, 6) is 0.564. The van der Waals surface area contributed by atoms with Gasteiger partial charge in [-0.05, 0) is 38.1 Å². The van der Waals surface area contributed by atoms with Crippen molar-refractivity contribution in [2.45, 2.75) is 12.8 Å². The molecule has 1 aliphatic heterocycles. The van der Waals surface area contributed by atoms with Crippen LogP contribution in [0.2, 0.25) is 0 Å². The summed E-state index contributed by atoms with van der Waals surface area (Å²) in [5, 5.41) is 15.9. The Morgan fingerprint density at radius 2 is 1.86 bits per heavy atom. The number of nitrogens with one attached hydrogen (secondary N) is 1. The van der Waals surface area contributed by atoms with Gasteiger partial charge in [0.15, 0.2) is 0 Å². The van der Waals surface area contributed by atoms with E-state index in [0.717, 1.165) is 23.9 Å². The van der Waals surface area contributed by atoms with Gasteiger partial charge in [0, 0.05) is 69.7 Å². The predicted molar refractivity (Wildman–Crippen MR) is 163 cm³/mol. The van der Waals surface area contributed by atoms with Crippen molar-refractivity contribution >= 4 is 44.1 Å². The molecule has 1 aliphatic rings. The zero-order valence-corrected chi connectivity index (χ0v) is 24.8. The maximum Gasteiger partial charge on any atom is 0.307 e. The van der Waals surface area contributed by atoms with Crippen LogP contribution in [0.3, 0.4) is 0 Å². The number of likely N-dealkylation sites (tertiary alicyclic amines) is 1. The number of para-hydroxylation sites is 1. The number of fused-ring (bicyclic) bond motifs is 1. The summed E-state index contributed by atoms with van der Waals surface area (Å²) in [6.07, 6.45) is 5.43. The van der Waals surface area contributed by atoms with E-state index in [2.05, 4.69) is 20.2 Å². The standard InChI is InChI=1S/C28H34N8O5S/c1-32(2)42(39,40)35-19-21(20-9-5-6-10-24(20)35)22-11-12-29-28(30-22)31-23-17-26(36(37)38)25(18-27(23)41-4)33(3)15-16-34-13-7-8-14-34/h5-6,9-12,17-19H,7-8,13-16H2,1-4H3,(H,29,30,31). The third-order valence-corrected chi connectivity index (χ3v) is 9.14. The molecule has 4 aromatic rings. The zero-order valence-electron chi connectivity index (χ0n) is 24.0. The predicted octanol–water partition coefficient (Wildman–Crippen LogP) is 3.95. The molecule has 1 saturated heterocycles. The fourth-order valence-corrected chi connectivity index (χ4v) is 6.10. The van der Waals surface area contributed by atoms with Gasteiger partial charge in [0.25, 0.3) is 5.69 Å². The Hall–Kier alpha value is -4.27. The Morgan fingerprint density at radius 3 is 2.55 bits per heavy atom. The van der Waals surface area contributed by atoms with E-state index in [0.29, 0.717) is 45.8 Å². The lowest BCUT2D eigenvalue weighted by atomic mass is 10.1. The Kier molecular flexibility index (Phi) is 8.29. The van der Waals surface area contributed by atoms with Crippen LogP contribution in [-0.2, 0) is 10.2 Å². The van der Waals surface area contributed by atoms with Gasteiger partial charge in [-0.25, -0.2) is 13.9 Å². The third kappa shape index (κ3) is 5.73. The van der Waals surface area contributed by atoms with E-state index in [-0.39, 0.29) is 11.6 Å². The maximum atomic E-state index is 13.0. The largest absolute Gasteiger partial charge is 0.494 e. The Balaban J connectivity index is 1.48. The van der Waals surface area contributed by atoms with Crippen LogP contribution in [0.4, 0.5) is 23.0 Å². The van der Waals surface area contributed by atoms with Gasteiger partial charge in [0.05, 0.1) is 28.9 Å². The van der Waals surface area contributed by atoms with E-state index < -0.39 is 15.1 Å². The van der Waals surface area contributed by atoms with Gasteiger partial charge in [-0.15, -0.1) is 0 Å². The Labute approximate surface area is 244 Å². The fraction of sp³-hybridized carbons (Fsp3) is 0.357. The molecule has 42 heavy (non-hydrogen) atoms. The maximum absolute atomic E-state index is 13.0. The van der Waals surface area contributed by atoms with Gasteiger partial charge in [-0.2, -0.15) is 12.7 Å². The summed E-state index contributed by atoms with van der Waals surface area (Å²) in [6, 6.07) is 11.9. The highest BCUT2D eigenvalue weighted by Gasteiger charge is 2.24.